The summed E-state index contributed by atoms with van der Waals surface area (Å²) >= 11 is 0. The van der Waals surface area contributed by atoms with Gasteiger partial charge in [0.05, 0.1) is 11.8 Å². The molecule has 0 atom stereocenters. The van der Waals surface area contributed by atoms with Crippen molar-refractivity contribution in [2.45, 2.75) is 6.92 Å². The number of ether oxygens (including phenoxy) is 1. The van der Waals surface area contributed by atoms with Crippen molar-refractivity contribution in [3.05, 3.63) is 89.5 Å². The largest absolute Gasteiger partial charge is 0.459 e. The lowest BCUT2D eigenvalue weighted by Crippen LogP contribution is -2.15. The van der Waals surface area contributed by atoms with E-state index in [1.165, 1.54) is 18.4 Å². The molecule has 0 aliphatic heterocycles. The van der Waals surface area contributed by atoms with Crippen molar-refractivity contribution in [3.8, 4) is 0 Å². The molecule has 7 heteroatoms. The van der Waals surface area contributed by atoms with Crippen molar-refractivity contribution < 1.29 is 23.5 Å². The number of H-pyrrole nitrogens is 1. The third-order valence-electron chi connectivity index (χ3n) is 4.63. The lowest BCUT2D eigenvalue weighted by molar-refractivity contribution is 0.0475. The van der Waals surface area contributed by atoms with Crippen molar-refractivity contribution in [1.29, 1.82) is 0 Å². The van der Waals surface area contributed by atoms with E-state index in [-0.39, 0.29) is 23.7 Å². The Morgan fingerprint density at radius 1 is 1.00 bits per heavy atom. The zero-order valence-electron chi connectivity index (χ0n) is 16.1. The summed E-state index contributed by atoms with van der Waals surface area (Å²) < 4.78 is 10.2. The van der Waals surface area contributed by atoms with Gasteiger partial charge >= 0.3 is 5.97 Å². The quantitative estimate of drug-likeness (QED) is 0.369. The van der Waals surface area contributed by atoms with Crippen LogP contribution in [0.1, 0.15) is 37.0 Å². The maximum atomic E-state index is 12.6. The predicted octanol–water partition coefficient (Wildman–Crippen LogP) is 4.36. The minimum atomic E-state index is -0.621. The molecule has 2 aromatic carbocycles. The minimum absolute atomic E-state index is 0.185. The molecule has 0 spiro atoms. The predicted molar refractivity (Wildman–Crippen MR) is 111 cm³/mol. The molecule has 0 saturated carbocycles. The van der Waals surface area contributed by atoms with Crippen molar-refractivity contribution in [2.75, 3.05) is 11.9 Å². The van der Waals surface area contributed by atoms with Gasteiger partial charge in [-0.25, -0.2) is 4.79 Å². The molecule has 0 unspecified atom stereocenters. The Bertz CT molecular complexity index is 1220. The van der Waals surface area contributed by atoms with Crippen molar-refractivity contribution in [1.82, 2.24) is 4.98 Å². The Morgan fingerprint density at radius 2 is 1.77 bits per heavy atom. The van der Waals surface area contributed by atoms with E-state index < -0.39 is 11.9 Å². The fourth-order valence-electron chi connectivity index (χ4n) is 3.21. The molecule has 2 heterocycles. The summed E-state index contributed by atoms with van der Waals surface area (Å²) in [6, 6.07) is 16.8. The average Bonchev–Trinajstić information content (AvgIpc) is 3.39. The first-order valence-electron chi connectivity index (χ1n) is 9.25. The number of carbonyl (C=O) groups excluding carboxylic acids is 3. The van der Waals surface area contributed by atoms with Gasteiger partial charge in [-0.15, -0.1) is 0 Å². The summed E-state index contributed by atoms with van der Waals surface area (Å²) in [6.07, 6.45) is 1.41. The van der Waals surface area contributed by atoms with Crippen molar-refractivity contribution in [3.63, 3.8) is 0 Å². The van der Waals surface area contributed by atoms with Gasteiger partial charge in [0.15, 0.2) is 12.4 Å². The number of benzene rings is 2. The number of fused-ring (bicyclic) bond motifs is 1. The summed E-state index contributed by atoms with van der Waals surface area (Å²) in [5.74, 6) is -1.11. The van der Waals surface area contributed by atoms with Gasteiger partial charge in [-0.3, -0.25) is 9.59 Å². The highest BCUT2D eigenvalue weighted by molar-refractivity contribution is 6.10. The molecule has 0 radical (unpaired) electrons. The van der Waals surface area contributed by atoms with Gasteiger partial charge in [0, 0.05) is 27.8 Å². The molecule has 2 aromatic heterocycles. The number of furan rings is 1. The number of hydrogen-bond donors (Lipinski definition) is 2. The smallest absolute Gasteiger partial charge is 0.338 e. The van der Waals surface area contributed by atoms with E-state index in [2.05, 4.69) is 10.3 Å². The first-order valence-corrected chi connectivity index (χ1v) is 9.25. The van der Waals surface area contributed by atoms with Crippen LogP contribution in [0, 0.1) is 6.92 Å². The minimum Gasteiger partial charge on any atom is -0.459 e. The number of esters is 1. The zero-order chi connectivity index (χ0) is 21.1. The van der Waals surface area contributed by atoms with E-state index >= 15 is 0 Å². The standard InChI is InChI=1S/C23H18N2O5/c1-14-21(17-5-2-3-6-18(17)24-14)19(26)13-30-23(28)15-8-10-16(11-9-15)25-22(27)20-7-4-12-29-20/h2-12,24H,13H2,1H3,(H,25,27). The number of anilines is 1. The van der Waals surface area contributed by atoms with Crippen LogP contribution >= 0.6 is 0 Å². The molecule has 0 aliphatic carbocycles. The Morgan fingerprint density at radius 3 is 2.50 bits per heavy atom. The molecular weight excluding hydrogens is 384 g/mol. The van der Waals surface area contributed by atoms with E-state index in [0.717, 1.165) is 16.6 Å². The lowest BCUT2D eigenvalue weighted by Gasteiger charge is -2.07. The van der Waals surface area contributed by atoms with Crippen LogP contribution in [0.2, 0.25) is 0 Å². The van der Waals surface area contributed by atoms with Gasteiger partial charge in [-0.1, -0.05) is 18.2 Å². The second-order valence-corrected chi connectivity index (χ2v) is 6.68. The summed E-state index contributed by atoms with van der Waals surface area (Å²) in [5.41, 5.74) is 2.88. The van der Waals surface area contributed by atoms with Crippen LogP contribution in [-0.2, 0) is 4.74 Å². The van der Waals surface area contributed by atoms with E-state index in [1.807, 2.05) is 31.2 Å². The van der Waals surface area contributed by atoms with Gasteiger partial charge in [-0.2, -0.15) is 0 Å². The van der Waals surface area contributed by atoms with Crippen LogP contribution in [0.25, 0.3) is 10.9 Å². The number of para-hydroxylation sites is 1. The fraction of sp³-hybridized carbons (Fsp3) is 0.0870. The molecule has 1 amide bonds. The Hall–Kier alpha value is -4.13. The van der Waals surface area contributed by atoms with E-state index in [4.69, 9.17) is 9.15 Å². The number of Topliss-reactive ketones (excluding diaryl/α,β-unsaturated/α-hetero) is 1. The summed E-state index contributed by atoms with van der Waals surface area (Å²) in [6.45, 7) is 1.45. The third kappa shape index (κ3) is 3.86. The number of nitrogens with one attached hydrogen (secondary N) is 2. The summed E-state index contributed by atoms with van der Waals surface area (Å²) in [5, 5.41) is 3.46. The molecule has 2 N–H and O–H groups in total. The third-order valence-corrected chi connectivity index (χ3v) is 4.63. The highest BCUT2D eigenvalue weighted by Gasteiger charge is 2.18. The van der Waals surface area contributed by atoms with Crippen LogP contribution in [0.5, 0.6) is 0 Å². The molecule has 0 bridgehead atoms. The number of aryl methyl sites for hydroxylation is 1. The maximum Gasteiger partial charge on any atom is 0.338 e. The molecule has 150 valence electrons. The Labute approximate surface area is 171 Å². The number of amides is 1. The topological polar surface area (TPSA) is 101 Å². The van der Waals surface area contributed by atoms with Gasteiger partial charge in [0.2, 0.25) is 5.78 Å². The molecule has 0 fully saturated rings. The van der Waals surface area contributed by atoms with Crippen LogP contribution < -0.4 is 5.32 Å². The molecule has 7 nitrogen and oxygen atoms in total. The van der Waals surface area contributed by atoms with Crippen molar-refractivity contribution >= 4 is 34.3 Å². The first kappa shape index (κ1) is 19.2. The monoisotopic (exact) mass is 402 g/mol. The van der Waals surface area contributed by atoms with E-state index in [0.29, 0.717) is 11.3 Å². The number of rotatable bonds is 6. The number of ketones is 1. The highest BCUT2D eigenvalue weighted by Crippen LogP contribution is 2.22. The SMILES string of the molecule is Cc1[nH]c2ccccc2c1C(=O)COC(=O)c1ccc(NC(=O)c2ccco2)cc1. The fourth-order valence-corrected chi connectivity index (χ4v) is 3.21. The highest BCUT2D eigenvalue weighted by atomic mass is 16.5. The number of aromatic amines is 1. The number of aromatic nitrogens is 1. The van der Waals surface area contributed by atoms with Crippen LogP contribution in [-0.4, -0.2) is 29.3 Å². The Balaban J connectivity index is 1.38. The molecular formula is C23H18N2O5. The lowest BCUT2D eigenvalue weighted by atomic mass is 10.1. The zero-order valence-corrected chi connectivity index (χ0v) is 16.1. The van der Waals surface area contributed by atoms with Crippen LogP contribution in [0.4, 0.5) is 5.69 Å². The summed E-state index contributed by atoms with van der Waals surface area (Å²) in [7, 11) is 0. The van der Waals surface area contributed by atoms with E-state index in [9.17, 15) is 14.4 Å². The van der Waals surface area contributed by atoms with E-state index in [1.54, 1.807) is 24.3 Å². The molecule has 30 heavy (non-hydrogen) atoms. The van der Waals surface area contributed by atoms with Gasteiger partial charge in [0.25, 0.3) is 5.91 Å². The van der Waals surface area contributed by atoms with Gasteiger partial charge < -0.3 is 19.5 Å². The molecule has 4 aromatic rings. The second-order valence-electron chi connectivity index (χ2n) is 6.68. The summed E-state index contributed by atoms with van der Waals surface area (Å²) in [4.78, 5) is 40.0. The van der Waals surface area contributed by atoms with Crippen molar-refractivity contribution in [2.24, 2.45) is 0 Å². The first-order chi connectivity index (χ1) is 14.5. The number of hydrogen-bond acceptors (Lipinski definition) is 5. The maximum absolute atomic E-state index is 12.6. The number of carbonyl (C=O) groups is 3. The molecule has 0 aliphatic rings. The average molecular weight is 402 g/mol. The normalized spacial score (nSPS) is 10.7. The molecule has 0 saturated heterocycles. The van der Waals surface area contributed by atoms with Crippen LogP contribution in [0.15, 0.2) is 71.3 Å². The van der Waals surface area contributed by atoms with Crippen LogP contribution in [0.3, 0.4) is 0 Å². The van der Waals surface area contributed by atoms with Gasteiger partial charge in [-0.05, 0) is 49.4 Å². The Kier molecular flexibility index (Phi) is 5.17. The molecule has 4 rings (SSSR count). The van der Waals surface area contributed by atoms with Gasteiger partial charge in [0.1, 0.15) is 0 Å². The second kappa shape index (κ2) is 8.08.